The van der Waals surface area contributed by atoms with Gasteiger partial charge in [-0.1, -0.05) is 30.9 Å². The van der Waals surface area contributed by atoms with Crippen LogP contribution in [0.3, 0.4) is 0 Å². The Morgan fingerprint density at radius 3 is 2.48 bits per heavy atom. The van der Waals surface area contributed by atoms with Gasteiger partial charge in [0, 0.05) is 12.2 Å². The molecule has 0 bridgehead atoms. The van der Waals surface area contributed by atoms with Crippen LogP contribution in [-0.4, -0.2) is 17.6 Å². The number of thiazole rings is 1. The van der Waals surface area contributed by atoms with Gasteiger partial charge in [0.15, 0.2) is 0 Å². The van der Waals surface area contributed by atoms with Crippen LogP contribution in [0.2, 0.25) is 0 Å². The van der Waals surface area contributed by atoms with Crippen LogP contribution in [-0.2, 0) is 0 Å². The first-order valence-electron chi connectivity index (χ1n) is 9.15. The number of ether oxygens (including phenoxy) is 2. The quantitative estimate of drug-likeness (QED) is 0.511. The fraction of sp³-hybridized carbons (Fsp3) is 0.318. The van der Waals surface area contributed by atoms with Crippen LogP contribution >= 0.6 is 11.3 Å². The van der Waals surface area contributed by atoms with Crippen molar-refractivity contribution in [2.45, 2.75) is 39.7 Å². The third kappa shape index (κ3) is 5.23. The van der Waals surface area contributed by atoms with E-state index in [9.17, 15) is 0 Å². The summed E-state index contributed by atoms with van der Waals surface area (Å²) in [5, 5.41) is 3.95. The number of benzene rings is 2. The third-order valence-corrected chi connectivity index (χ3v) is 4.97. The molecule has 1 heterocycles. The van der Waals surface area contributed by atoms with Gasteiger partial charge in [0.2, 0.25) is 0 Å². The van der Waals surface area contributed by atoms with E-state index in [1.54, 1.807) is 11.3 Å². The van der Waals surface area contributed by atoms with Gasteiger partial charge in [0.1, 0.15) is 11.5 Å². The molecule has 0 fully saturated rings. The van der Waals surface area contributed by atoms with Crippen molar-refractivity contribution in [1.82, 2.24) is 10.3 Å². The van der Waals surface area contributed by atoms with E-state index in [0.717, 1.165) is 34.0 Å². The fourth-order valence-corrected chi connectivity index (χ4v) is 3.56. The molecule has 0 radical (unpaired) electrons. The van der Waals surface area contributed by atoms with E-state index in [0.29, 0.717) is 11.1 Å². The van der Waals surface area contributed by atoms with E-state index in [4.69, 9.17) is 9.47 Å². The molecule has 1 aromatic heterocycles. The fourth-order valence-electron chi connectivity index (χ4n) is 2.67. The highest BCUT2D eigenvalue weighted by atomic mass is 32.1. The van der Waals surface area contributed by atoms with Gasteiger partial charge < -0.3 is 14.8 Å². The summed E-state index contributed by atoms with van der Waals surface area (Å²) in [5.74, 6) is 1.99. The minimum atomic E-state index is 0.156. The average molecular weight is 383 g/mol. The Bertz CT molecular complexity index is 916. The van der Waals surface area contributed by atoms with E-state index in [2.05, 4.69) is 42.0 Å². The second-order valence-electron chi connectivity index (χ2n) is 7.01. The summed E-state index contributed by atoms with van der Waals surface area (Å²) in [4.78, 5) is 4.59. The molecule has 1 unspecified atom stereocenters. The zero-order valence-electron chi connectivity index (χ0n) is 16.3. The zero-order chi connectivity index (χ0) is 19.4. The van der Waals surface area contributed by atoms with Gasteiger partial charge in [-0.3, -0.25) is 0 Å². The number of hydrogen-bond acceptors (Lipinski definition) is 5. The Morgan fingerprint density at radius 2 is 1.81 bits per heavy atom. The molecule has 1 N–H and O–H groups in total. The smallest absolute Gasteiger partial charge is 0.279 e. The molecular formula is C22H26N2O2S. The highest BCUT2D eigenvalue weighted by Crippen LogP contribution is 2.33. The van der Waals surface area contributed by atoms with Gasteiger partial charge in [-0.25, -0.2) is 4.98 Å². The van der Waals surface area contributed by atoms with Gasteiger partial charge in [0.05, 0.1) is 16.3 Å². The lowest BCUT2D eigenvalue weighted by atomic mass is 10.0. The molecule has 0 aliphatic heterocycles. The summed E-state index contributed by atoms with van der Waals surface area (Å²) in [6.45, 7) is 13.0. The molecule has 0 aliphatic rings. The van der Waals surface area contributed by atoms with Crippen LogP contribution < -0.4 is 14.8 Å². The molecule has 0 amide bonds. The van der Waals surface area contributed by atoms with Gasteiger partial charge in [-0.15, -0.1) is 0 Å². The SMILES string of the molecule is C=C(C)NCC(C)c1ccc2nc(Oc3ccc(OC(C)C)cc3)sc2c1. The molecule has 0 saturated carbocycles. The molecule has 0 spiro atoms. The van der Waals surface area contributed by atoms with Crippen molar-refractivity contribution in [2.24, 2.45) is 0 Å². The Morgan fingerprint density at radius 1 is 1.11 bits per heavy atom. The first-order chi connectivity index (χ1) is 12.9. The average Bonchev–Trinajstić information content (AvgIpc) is 3.02. The lowest BCUT2D eigenvalue weighted by molar-refractivity contribution is 0.242. The first-order valence-corrected chi connectivity index (χ1v) is 9.97. The normalized spacial score (nSPS) is 12.2. The molecule has 1 atom stereocenters. The Hall–Kier alpha value is -2.53. The minimum absolute atomic E-state index is 0.156. The predicted molar refractivity (Wildman–Crippen MR) is 113 cm³/mol. The number of fused-ring (bicyclic) bond motifs is 1. The number of aromatic nitrogens is 1. The maximum atomic E-state index is 5.93. The summed E-state index contributed by atoms with van der Waals surface area (Å²) >= 11 is 1.56. The van der Waals surface area contributed by atoms with E-state index in [1.165, 1.54) is 5.56 Å². The van der Waals surface area contributed by atoms with E-state index in [-0.39, 0.29) is 6.10 Å². The monoisotopic (exact) mass is 382 g/mol. The number of hydrogen-bond donors (Lipinski definition) is 1. The lowest BCUT2D eigenvalue weighted by Gasteiger charge is -2.13. The summed E-state index contributed by atoms with van der Waals surface area (Å²) in [6.07, 6.45) is 0.156. The molecule has 4 nitrogen and oxygen atoms in total. The number of rotatable bonds is 8. The number of nitrogens with zero attached hydrogens (tertiary/aromatic N) is 1. The van der Waals surface area contributed by atoms with Crippen molar-refractivity contribution in [3.05, 3.63) is 60.3 Å². The number of nitrogens with one attached hydrogen (secondary N) is 1. The molecule has 142 valence electrons. The van der Waals surface area contributed by atoms with Crippen LogP contribution in [0.4, 0.5) is 0 Å². The van der Waals surface area contributed by atoms with Gasteiger partial charge in [-0.2, -0.15) is 0 Å². The molecule has 3 aromatic rings. The van der Waals surface area contributed by atoms with Gasteiger partial charge in [0.25, 0.3) is 5.19 Å². The number of allylic oxidation sites excluding steroid dienone is 1. The van der Waals surface area contributed by atoms with Crippen LogP contribution in [0.1, 0.15) is 39.2 Å². The summed E-state index contributed by atoms with van der Waals surface area (Å²) in [7, 11) is 0. The highest BCUT2D eigenvalue weighted by molar-refractivity contribution is 7.20. The predicted octanol–water partition coefficient (Wildman–Crippen LogP) is 6.10. The summed E-state index contributed by atoms with van der Waals surface area (Å²) in [6, 6.07) is 14.0. The highest BCUT2D eigenvalue weighted by Gasteiger charge is 2.11. The van der Waals surface area contributed by atoms with Gasteiger partial charge >= 0.3 is 0 Å². The van der Waals surface area contributed by atoms with E-state index < -0.39 is 0 Å². The molecule has 27 heavy (non-hydrogen) atoms. The first kappa shape index (κ1) is 19.2. The van der Waals surface area contributed by atoms with Crippen LogP contribution in [0.25, 0.3) is 10.2 Å². The van der Waals surface area contributed by atoms with Crippen molar-refractivity contribution in [3.63, 3.8) is 0 Å². The lowest BCUT2D eigenvalue weighted by Crippen LogP contribution is -2.17. The minimum Gasteiger partial charge on any atom is -0.491 e. The second-order valence-corrected chi connectivity index (χ2v) is 8.00. The van der Waals surface area contributed by atoms with E-state index >= 15 is 0 Å². The summed E-state index contributed by atoms with van der Waals surface area (Å²) < 4.78 is 12.7. The molecule has 0 saturated heterocycles. The van der Waals surface area contributed by atoms with E-state index in [1.807, 2.05) is 45.0 Å². The van der Waals surface area contributed by atoms with Crippen LogP contribution in [0.5, 0.6) is 16.7 Å². The molecule has 2 aromatic carbocycles. The molecule has 3 rings (SSSR count). The van der Waals surface area contributed by atoms with Crippen molar-refractivity contribution in [2.75, 3.05) is 6.54 Å². The second kappa shape index (κ2) is 8.44. The van der Waals surface area contributed by atoms with Crippen molar-refractivity contribution < 1.29 is 9.47 Å². The van der Waals surface area contributed by atoms with Crippen LogP contribution in [0.15, 0.2) is 54.7 Å². The Kier molecular flexibility index (Phi) is 6.01. The maximum Gasteiger partial charge on any atom is 0.279 e. The maximum absolute atomic E-state index is 5.93. The molecule has 0 aliphatic carbocycles. The van der Waals surface area contributed by atoms with Crippen molar-refractivity contribution in [3.8, 4) is 16.7 Å². The molecular weight excluding hydrogens is 356 g/mol. The summed E-state index contributed by atoms with van der Waals surface area (Å²) in [5.41, 5.74) is 3.22. The topological polar surface area (TPSA) is 43.4 Å². The third-order valence-electron chi connectivity index (χ3n) is 4.07. The molecule has 5 heteroatoms. The van der Waals surface area contributed by atoms with Gasteiger partial charge in [-0.05, 0) is 68.7 Å². The van der Waals surface area contributed by atoms with Crippen LogP contribution in [0, 0.1) is 0 Å². The van der Waals surface area contributed by atoms with Crippen molar-refractivity contribution in [1.29, 1.82) is 0 Å². The standard InChI is InChI=1S/C22H26N2O2S/c1-14(2)23-13-16(5)17-6-11-20-21(12-17)27-22(24-20)26-19-9-7-18(8-10-19)25-15(3)4/h6-12,15-16,23H,1,13H2,2-5H3. The zero-order valence-corrected chi connectivity index (χ0v) is 17.1. The largest absolute Gasteiger partial charge is 0.491 e. The Labute approximate surface area is 164 Å². The Balaban J connectivity index is 1.71. The van der Waals surface area contributed by atoms with Crippen molar-refractivity contribution >= 4 is 21.6 Å².